The highest BCUT2D eigenvalue weighted by Crippen LogP contribution is 2.37. The van der Waals surface area contributed by atoms with Crippen molar-refractivity contribution in [3.05, 3.63) is 106 Å². The minimum absolute atomic E-state index is 0.113. The molecule has 1 saturated heterocycles. The van der Waals surface area contributed by atoms with Crippen LogP contribution in [0.15, 0.2) is 72.8 Å². The van der Waals surface area contributed by atoms with E-state index in [1.165, 1.54) is 22.9 Å². The Balaban J connectivity index is 1.28. The number of carbonyl (C=O) groups is 6. The lowest BCUT2D eigenvalue weighted by Crippen LogP contribution is -2.62. The summed E-state index contributed by atoms with van der Waals surface area (Å²) in [4.78, 5) is 86.7. The average molecular weight is 995 g/mol. The van der Waals surface area contributed by atoms with E-state index < -0.39 is 52.3 Å². The van der Waals surface area contributed by atoms with Gasteiger partial charge in [0.05, 0.1) is 30.8 Å². The molecular weight excluding hydrogens is 917 g/mol. The summed E-state index contributed by atoms with van der Waals surface area (Å²) in [5.41, 5.74) is 5.53. The molecule has 71 heavy (non-hydrogen) atoms. The van der Waals surface area contributed by atoms with Gasteiger partial charge < -0.3 is 47.2 Å². The van der Waals surface area contributed by atoms with Gasteiger partial charge in [0.2, 0.25) is 35.4 Å². The van der Waals surface area contributed by atoms with Crippen LogP contribution < -0.4 is 37.2 Å². The molecule has 9 atom stereocenters. The first-order chi connectivity index (χ1) is 33.8. The van der Waals surface area contributed by atoms with Crippen LogP contribution in [0.5, 0.6) is 0 Å². The first-order valence-electron chi connectivity index (χ1n) is 25.4. The van der Waals surface area contributed by atoms with E-state index in [0.29, 0.717) is 12.2 Å². The van der Waals surface area contributed by atoms with Crippen LogP contribution in [0.3, 0.4) is 0 Å². The summed E-state index contributed by atoms with van der Waals surface area (Å²) in [7, 11) is 3.35. The summed E-state index contributed by atoms with van der Waals surface area (Å²) in [6.07, 6.45) is 5.71. The molecule has 0 radical (unpaired) electrons. The highest BCUT2D eigenvalue weighted by atomic mass is 32.2. The van der Waals surface area contributed by atoms with E-state index in [1.807, 2.05) is 89.2 Å². The summed E-state index contributed by atoms with van der Waals surface area (Å²) >= 11 is 1.35. The van der Waals surface area contributed by atoms with Gasteiger partial charge in [0, 0.05) is 29.4 Å². The zero-order valence-corrected chi connectivity index (χ0v) is 44.0. The lowest BCUT2D eigenvalue weighted by atomic mass is 9.85. The van der Waals surface area contributed by atoms with Gasteiger partial charge in [-0.1, -0.05) is 93.6 Å². The van der Waals surface area contributed by atoms with Gasteiger partial charge in [0.15, 0.2) is 0 Å². The zero-order valence-electron chi connectivity index (χ0n) is 43.2. The lowest BCUT2D eigenvalue weighted by molar-refractivity contribution is -0.144. The smallest absolute Gasteiger partial charge is 0.246 e. The second kappa shape index (κ2) is 24.4. The van der Waals surface area contributed by atoms with Crippen molar-refractivity contribution in [2.45, 2.75) is 159 Å². The molecule has 8 N–H and O–H groups in total. The normalized spacial score (nSPS) is 21.0. The number of benzene rings is 3. The Morgan fingerprint density at radius 1 is 0.690 bits per heavy atom. The molecule has 1 fully saturated rings. The molecule has 386 valence electrons. The van der Waals surface area contributed by atoms with E-state index >= 15 is 0 Å². The maximum Gasteiger partial charge on any atom is 0.246 e. The Labute approximate surface area is 425 Å². The summed E-state index contributed by atoms with van der Waals surface area (Å²) in [6, 6.07) is 18.6. The summed E-state index contributed by atoms with van der Waals surface area (Å²) < 4.78 is -0.864. The predicted molar refractivity (Wildman–Crippen MR) is 279 cm³/mol. The van der Waals surface area contributed by atoms with Gasteiger partial charge in [-0.3, -0.25) is 28.8 Å². The van der Waals surface area contributed by atoms with Crippen molar-refractivity contribution >= 4 is 47.2 Å². The van der Waals surface area contributed by atoms with Crippen molar-refractivity contribution in [3.8, 4) is 0 Å². The molecule has 1 heterocycles. The third-order valence-corrected chi connectivity index (χ3v) is 16.0. The Morgan fingerprint density at radius 2 is 1.23 bits per heavy atom. The molecule has 2 aliphatic carbocycles. The minimum atomic E-state index is -1.06. The van der Waals surface area contributed by atoms with Gasteiger partial charge >= 0.3 is 0 Å². The molecule has 0 spiro atoms. The number of aliphatic hydroxyl groups excluding tert-OH is 1. The number of likely N-dealkylation sites (N-methyl/N-ethyl adjacent to an activating group) is 2. The predicted octanol–water partition coefficient (Wildman–Crippen LogP) is 4.52. The van der Waals surface area contributed by atoms with E-state index in [1.54, 1.807) is 32.8 Å². The molecule has 3 aromatic carbocycles. The van der Waals surface area contributed by atoms with E-state index in [4.69, 9.17) is 0 Å². The zero-order chi connectivity index (χ0) is 51.6. The van der Waals surface area contributed by atoms with Crippen LogP contribution in [0.1, 0.15) is 132 Å². The molecule has 0 aromatic heterocycles. The largest absolute Gasteiger partial charge is 0.396 e. The summed E-state index contributed by atoms with van der Waals surface area (Å²) in [5.74, 6) is -2.04. The van der Waals surface area contributed by atoms with Crippen LogP contribution in [0.4, 0.5) is 0 Å². The molecule has 7 unspecified atom stereocenters. The van der Waals surface area contributed by atoms with Gasteiger partial charge in [0.25, 0.3) is 0 Å². The third kappa shape index (κ3) is 13.8. The minimum Gasteiger partial charge on any atom is -0.396 e. The number of rotatable bonds is 20. The van der Waals surface area contributed by atoms with Crippen LogP contribution in [0.2, 0.25) is 0 Å². The summed E-state index contributed by atoms with van der Waals surface area (Å²) in [5, 5.41) is 31.1. The number of fused-ring (bicyclic) bond motifs is 2. The van der Waals surface area contributed by atoms with E-state index in [0.717, 1.165) is 60.8 Å². The highest BCUT2D eigenvalue weighted by molar-refractivity contribution is 8.00. The van der Waals surface area contributed by atoms with E-state index in [-0.39, 0.29) is 67.1 Å². The van der Waals surface area contributed by atoms with Crippen molar-refractivity contribution in [1.82, 2.24) is 42.1 Å². The Hall–Kier alpha value is -5.29. The third-order valence-electron chi connectivity index (χ3n) is 14.6. The highest BCUT2D eigenvalue weighted by Gasteiger charge is 2.46. The first-order valence-corrected chi connectivity index (χ1v) is 26.4. The fourth-order valence-electron chi connectivity index (χ4n) is 10.1. The number of nitrogens with one attached hydrogen (secondary N) is 7. The quantitative estimate of drug-likeness (QED) is 0.0794. The number of thioether (sulfide) groups is 1. The summed E-state index contributed by atoms with van der Waals surface area (Å²) in [6.45, 7) is 12.9. The Morgan fingerprint density at radius 3 is 1.76 bits per heavy atom. The lowest BCUT2D eigenvalue weighted by Gasteiger charge is -2.36. The molecule has 0 saturated carbocycles. The van der Waals surface area contributed by atoms with Gasteiger partial charge in [-0.25, -0.2) is 0 Å². The molecule has 6 amide bonds. The number of amides is 6. The first kappa shape index (κ1) is 55.0. The van der Waals surface area contributed by atoms with Crippen molar-refractivity contribution < 1.29 is 33.9 Å². The number of hydrogen-bond donors (Lipinski definition) is 8. The van der Waals surface area contributed by atoms with Crippen molar-refractivity contribution in [2.24, 2.45) is 5.41 Å². The molecule has 3 aliphatic rings. The van der Waals surface area contributed by atoms with E-state index in [2.05, 4.69) is 55.4 Å². The second-order valence-corrected chi connectivity index (χ2v) is 22.9. The molecular formula is C55H78N8O7S. The SMILES string of the molecule is CN[C@@H](C)C(=O)NC(C(=O)N1CC(c2ccc(CC(NC(=O)C(NC(=O)[C@H](C)NC)C(C)(C)SCCO)C(=O)NC3CCCc4ccccc43)cc2)CC1C(=O)NC1CCCc2ccccc21)C(C)(C)C. The van der Waals surface area contributed by atoms with Gasteiger partial charge in [-0.15, -0.1) is 0 Å². The number of aliphatic hydroxyl groups is 1. The molecule has 16 heteroatoms. The van der Waals surface area contributed by atoms with E-state index in [9.17, 15) is 33.9 Å². The Bertz CT molecular complexity index is 2350. The number of nitrogens with zero attached hydrogens (tertiary/aromatic N) is 1. The van der Waals surface area contributed by atoms with Crippen LogP contribution in [-0.4, -0.2) is 119 Å². The molecule has 15 nitrogen and oxygen atoms in total. The van der Waals surface area contributed by atoms with Gasteiger partial charge in [-0.2, -0.15) is 11.8 Å². The fourth-order valence-corrected chi connectivity index (χ4v) is 11.1. The molecule has 3 aromatic rings. The molecule has 1 aliphatic heterocycles. The van der Waals surface area contributed by atoms with Crippen molar-refractivity contribution in [2.75, 3.05) is 33.0 Å². The van der Waals surface area contributed by atoms with Crippen LogP contribution in [0, 0.1) is 5.41 Å². The van der Waals surface area contributed by atoms with Crippen LogP contribution >= 0.6 is 11.8 Å². The maximum absolute atomic E-state index is 14.8. The molecule has 0 bridgehead atoms. The maximum atomic E-state index is 14.8. The van der Waals surface area contributed by atoms with Gasteiger partial charge in [-0.05, 0) is 126 Å². The average Bonchev–Trinajstić information content (AvgIpc) is 3.81. The standard InChI is InChI=1S/C55H78N8O7S/c1-33(56-8)48(65)61-46(55(6,7)71-29-28-64)52(69)60-44(50(67)58-42-22-14-18-37-16-10-12-20-40(37)42)30-35-24-26-36(27-25-35)39-31-45(51(68)59-43-23-15-19-38-17-11-13-21-41(38)43)63(32-39)53(70)47(54(3,4)5)62-49(66)34(2)57-9/h10-13,16-17,20-21,24-27,33-34,39,42-47,56-57,64H,14-15,18-19,22-23,28-32H2,1-9H3,(H,58,67)(H,59,68)(H,60,69)(H,61,65)(H,62,66)/t33-,34-,39?,42?,43?,44?,45?,46?,47?/m0/s1. The topological polar surface area (TPSA) is 210 Å². The monoisotopic (exact) mass is 995 g/mol. The van der Waals surface area contributed by atoms with Crippen molar-refractivity contribution in [1.29, 1.82) is 0 Å². The molecule has 6 rings (SSSR count). The number of aryl methyl sites for hydroxylation is 2. The number of hydrogen-bond acceptors (Lipinski definition) is 10. The fraction of sp³-hybridized carbons (Fsp3) is 0.564. The Kier molecular flexibility index (Phi) is 18.9. The number of likely N-dealkylation sites (tertiary alicyclic amines) is 1. The van der Waals surface area contributed by atoms with Crippen LogP contribution in [-0.2, 0) is 48.0 Å². The van der Waals surface area contributed by atoms with Crippen molar-refractivity contribution in [3.63, 3.8) is 0 Å². The van der Waals surface area contributed by atoms with Crippen LogP contribution in [0.25, 0.3) is 0 Å². The van der Waals surface area contributed by atoms with Gasteiger partial charge in [0.1, 0.15) is 24.2 Å². The second-order valence-electron chi connectivity index (χ2n) is 21.2. The number of carbonyl (C=O) groups excluding carboxylic acids is 6.